The van der Waals surface area contributed by atoms with Crippen LogP contribution >= 0.6 is 0 Å². The van der Waals surface area contributed by atoms with Gasteiger partial charge < -0.3 is 10.1 Å². The molecule has 1 heterocycles. The zero-order valence-electron chi connectivity index (χ0n) is 8.23. The molecule has 0 fully saturated rings. The number of carbonyl (C=O) groups excluding carboxylic acids is 1. The number of hydrogen-bond acceptors (Lipinski definition) is 4. The highest BCUT2D eigenvalue weighted by Crippen LogP contribution is 2.14. The molecule has 0 aliphatic heterocycles. The third-order valence-electron chi connectivity index (χ3n) is 1.90. The van der Waals surface area contributed by atoms with Crippen LogP contribution in [0, 0.1) is 0 Å². The molecular weight excluding hydrogens is 182 g/mol. The molecule has 1 N–H and O–H groups in total. The summed E-state index contributed by atoms with van der Waals surface area (Å²) in [5, 5.41) is 10.4. The summed E-state index contributed by atoms with van der Waals surface area (Å²) in [5.41, 5.74) is 0.736. The van der Waals surface area contributed by atoms with E-state index in [1.165, 1.54) is 7.11 Å². The Morgan fingerprint density at radius 2 is 2.36 bits per heavy atom. The molecule has 1 rings (SSSR count). The van der Waals surface area contributed by atoms with Gasteiger partial charge in [-0.3, -0.25) is 4.79 Å². The van der Waals surface area contributed by atoms with E-state index in [4.69, 9.17) is 4.74 Å². The minimum atomic E-state index is -0.0779. The molecule has 0 spiro atoms. The average Bonchev–Trinajstić information content (AvgIpc) is 2.26. The van der Waals surface area contributed by atoms with Gasteiger partial charge in [-0.25, -0.2) is 0 Å². The van der Waals surface area contributed by atoms with E-state index in [1.54, 1.807) is 12.1 Å². The number of amides is 1. The lowest BCUT2D eigenvalue weighted by Gasteiger charge is -2.11. The topological polar surface area (TPSA) is 64.1 Å². The van der Waals surface area contributed by atoms with Gasteiger partial charge in [-0.1, -0.05) is 6.92 Å². The highest BCUT2D eigenvalue weighted by molar-refractivity contribution is 5.47. The van der Waals surface area contributed by atoms with Gasteiger partial charge in [0, 0.05) is 6.07 Å². The lowest BCUT2D eigenvalue weighted by atomic mass is 10.1. The number of hydrogen-bond donors (Lipinski definition) is 1. The number of nitrogens with one attached hydrogen (secondary N) is 1. The van der Waals surface area contributed by atoms with Crippen molar-refractivity contribution in [2.45, 2.75) is 19.4 Å². The summed E-state index contributed by atoms with van der Waals surface area (Å²) < 4.78 is 4.88. The van der Waals surface area contributed by atoms with Crippen molar-refractivity contribution >= 4 is 6.41 Å². The number of methoxy groups -OCH3 is 1. The standard InChI is InChI=1S/C9H13N3O2/c1-3-7(10-6-13)8-4-5-9(14-2)12-11-8/h4-7H,3H2,1-2H3,(H,10,13). The van der Waals surface area contributed by atoms with E-state index >= 15 is 0 Å². The van der Waals surface area contributed by atoms with Crippen molar-refractivity contribution in [3.05, 3.63) is 17.8 Å². The normalized spacial score (nSPS) is 11.9. The zero-order chi connectivity index (χ0) is 10.4. The molecule has 5 heteroatoms. The molecule has 76 valence electrons. The molecule has 0 saturated heterocycles. The molecule has 1 amide bonds. The maximum absolute atomic E-state index is 10.3. The van der Waals surface area contributed by atoms with Crippen LogP contribution in [0.1, 0.15) is 25.1 Å². The number of carbonyl (C=O) groups is 1. The summed E-state index contributed by atoms with van der Waals surface area (Å²) in [4.78, 5) is 10.3. The van der Waals surface area contributed by atoms with Gasteiger partial charge in [0.25, 0.3) is 0 Å². The fourth-order valence-corrected chi connectivity index (χ4v) is 1.12. The molecule has 1 aromatic rings. The first-order valence-corrected chi connectivity index (χ1v) is 4.39. The van der Waals surface area contributed by atoms with Crippen LogP contribution in [0.4, 0.5) is 0 Å². The summed E-state index contributed by atoms with van der Waals surface area (Å²) in [7, 11) is 1.53. The quantitative estimate of drug-likeness (QED) is 0.702. The minimum Gasteiger partial charge on any atom is -0.480 e. The average molecular weight is 195 g/mol. The maximum atomic E-state index is 10.3. The first-order chi connectivity index (χ1) is 6.81. The van der Waals surface area contributed by atoms with Crippen molar-refractivity contribution in [2.75, 3.05) is 7.11 Å². The molecule has 0 saturated carbocycles. The third kappa shape index (κ3) is 2.42. The third-order valence-corrected chi connectivity index (χ3v) is 1.90. The predicted octanol–water partition coefficient (Wildman–Crippen LogP) is 0.682. The Bertz CT molecular complexity index is 287. The molecule has 1 aromatic heterocycles. The minimum absolute atomic E-state index is 0.0779. The predicted molar refractivity (Wildman–Crippen MR) is 50.8 cm³/mol. The zero-order valence-corrected chi connectivity index (χ0v) is 8.23. The molecule has 0 aliphatic rings. The van der Waals surface area contributed by atoms with Gasteiger partial charge in [-0.2, -0.15) is 0 Å². The van der Waals surface area contributed by atoms with E-state index in [2.05, 4.69) is 15.5 Å². The van der Waals surface area contributed by atoms with Crippen molar-refractivity contribution in [1.29, 1.82) is 0 Å². The second-order valence-corrected chi connectivity index (χ2v) is 2.75. The van der Waals surface area contributed by atoms with E-state index < -0.39 is 0 Å². The van der Waals surface area contributed by atoms with Gasteiger partial charge in [-0.05, 0) is 12.5 Å². The van der Waals surface area contributed by atoms with Gasteiger partial charge in [0.05, 0.1) is 18.8 Å². The lowest BCUT2D eigenvalue weighted by molar-refractivity contribution is -0.110. The summed E-state index contributed by atoms with van der Waals surface area (Å²) >= 11 is 0. The Morgan fingerprint density at radius 3 is 2.79 bits per heavy atom. The summed E-state index contributed by atoms with van der Waals surface area (Å²) in [6.45, 7) is 1.97. The Hall–Kier alpha value is -1.65. The summed E-state index contributed by atoms with van der Waals surface area (Å²) in [6.07, 6.45) is 1.44. The van der Waals surface area contributed by atoms with Crippen LogP contribution in [0.5, 0.6) is 5.88 Å². The van der Waals surface area contributed by atoms with E-state index in [0.29, 0.717) is 12.3 Å². The Kier molecular flexibility index (Phi) is 3.84. The van der Waals surface area contributed by atoms with Gasteiger partial charge in [0.15, 0.2) is 0 Å². The van der Waals surface area contributed by atoms with Crippen molar-refractivity contribution in [1.82, 2.24) is 15.5 Å². The highest BCUT2D eigenvalue weighted by atomic mass is 16.5. The van der Waals surface area contributed by atoms with E-state index in [0.717, 1.165) is 12.1 Å². The number of nitrogens with zero attached hydrogens (tertiary/aromatic N) is 2. The molecular formula is C9H13N3O2. The second kappa shape index (κ2) is 5.16. The Labute approximate surface area is 82.5 Å². The molecule has 0 aliphatic carbocycles. The summed E-state index contributed by atoms with van der Waals surface area (Å²) in [6, 6.07) is 3.43. The highest BCUT2D eigenvalue weighted by Gasteiger charge is 2.09. The van der Waals surface area contributed by atoms with E-state index in [9.17, 15) is 4.79 Å². The van der Waals surface area contributed by atoms with Crippen molar-refractivity contribution in [3.8, 4) is 5.88 Å². The first-order valence-electron chi connectivity index (χ1n) is 4.39. The van der Waals surface area contributed by atoms with Crippen molar-refractivity contribution in [3.63, 3.8) is 0 Å². The molecule has 1 atom stereocenters. The molecule has 0 bridgehead atoms. The second-order valence-electron chi connectivity index (χ2n) is 2.75. The molecule has 0 radical (unpaired) electrons. The first kappa shape index (κ1) is 10.4. The molecule has 14 heavy (non-hydrogen) atoms. The number of ether oxygens (including phenoxy) is 1. The Morgan fingerprint density at radius 1 is 1.57 bits per heavy atom. The fourth-order valence-electron chi connectivity index (χ4n) is 1.12. The smallest absolute Gasteiger partial charge is 0.233 e. The molecule has 1 unspecified atom stereocenters. The van der Waals surface area contributed by atoms with Crippen LogP contribution < -0.4 is 10.1 Å². The molecule has 0 aromatic carbocycles. The van der Waals surface area contributed by atoms with Crippen LogP contribution in [0.3, 0.4) is 0 Å². The van der Waals surface area contributed by atoms with Crippen molar-refractivity contribution < 1.29 is 9.53 Å². The lowest BCUT2D eigenvalue weighted by Crippen LogP contribution is -2.20. The van der Waals surface area contributed by atoms with Crippen LogP contribution in [-0.4, -0.2) is 23.7 Å². The number of rotatable bonds is 5. The van der Waals surface area contributed by atoms with Gasteiger partial charge >= 0.3 is 0 Å². The van der Waals surface area contributed by atoms with E-state index in [-0.39, 0.29) is 6.04 Å². The van der Waals surface area contributed by atoms with Crippen LogP contribution in [0.2, 0.25) is 0 Å². The van der Waals surface area contributed by atoms with Crippen LogP contribution in [-0.2, 0) is 4.79 Å². The van der Waals surface area contributed by atoms with Crippen LogP contribution in [0.25, 0.3) is 0 Å². The Balaban J connectivity index is 2.77. The SMILES string of the molecule is CCC(NC=O)c1ccc(OC)nn1. The largest absolute Gasteiger partial charge is 0.480 e. The monoisotopic (exact) mass is 195 g/mol. The molecule has 5 nitrogen and oxygen atoms in total. The summed E-state index contributed by atoms with van der Waals surface area (Å²) in [5.74, 6) is 0.467. The van der Waals surface area contributed by atoms with Gasteiger partial charge in [0.1, 0.15) is 0 Å². The van der Waals surface area contributed by atoms with E-state index in [1.807, 2.05) is 6.92 Å². The number of aromatic nitrogens is 2. The van der Waals surface area contributed by atoms with Crippen LogP contribution in [0.15, 0.2) is 12.1 Å². The fraction of sp³-hybridized carbons (Fsp3) is 0.444. The van der Waals surface area contributed by atoms with Gasteiger partial charge in [-0.15, -0.1) is 10.2 Å². The van der Waals surface area contributed by atoms with Gasteiger partial charge in [0.2, 0.25) is 12.3 Å². The maximum Gasteiger partial charge on any atom is 0.233 e. The van der Waals surface area contributed by atoms with Crippen molar-refractivity contribution in [2.24, 2.45) is 0 Å².